The molecule has 0 bridgehead atoms. The summed E-state index contributed by atoms with van der Waals surface area (Å²) in [7, 11) is 0. The van der Waals surface area contributed by atoms with E-state index in [0.29, 0.717) is 11.8 Å². The number of benzene rings is 1. The predicted molar refractivity (Wildman–Crippen MR) is 105 cm³/mol. The molecule has 27 heavy (non-hydrogen) atoms. The highest BCUT2D eigenvalue weighted by Crippen LogP contribution is 2.39. The van der Waals surface area contributed by atoms with Crippen molar-refractivity contribution < 1.29 is 9.47 Å². The number of hydrogen-bond acceptors (Lipinski definition) is 4. The zero-order chi connectivity index (χ0) is 18.3. The SMILES string of the molecule is Clc1ccc(Cc2ccc3c(c2)COC2(CCN(C4CCC4)CC2)O3)cn1. The molecule has 0 N–H and O–H groups in total. The van der Waals surface area contributed by atoms with Crippen LogP contribution in [-0.4, -0.2) is 34.8 Å². The first-order valence-corrected chi connectivity index (χ1v) is 10.4. The summed E-state index contributed by atoms with van der Waals surface area (Å²) in [5, 5.41) is 0.527. The summed E-state index contributed by atoms with van der Waals surface area (Å²) < 4.78 is 12.6. The number of ether oxygens (including phenoxy) is 2. The summed E-state index contributed by atoms with van der Waals surface area (Å²) in [5.41, 5.74) is 3.53. The van der Waals surface area contributed by atoms with E-state index in [1.807, 2.05) is 18.3 Å². The molecule has 5 heteroatoms. The van der Waals surface area contributed by atoms with E-state index in [1.54, 1.807) is 0 Å². The van der Waals surface area contributed by atoms with Gasteiger partial charge in [0.15, 0.2) is 0 Å². The number of nitrogens with zero attached hydrogens (tertiary/aromatic N) is 2. The van der Waals surface area contributed by atoms with E-state index in [4.69, 9.17) is 21.1 Å². The van der Waals surface area contributed by atoms with Crippen LogP contribution in [0.5, 0.6) is 5.75 Å². The van der Waals surface area contributed by atoms with Gasteiger partial charge in [-0.05, 0) is 48.6 Å². The minimum Gasteiger partial charge on any atom is -0.462 e. The molecule has 5 rings (SSSR count). The Kier molecular flexibility index (Phi) is 4.58. The van der Waals surface area contributed by atoms with Crippen molar-refractivity contribution in [1.82, 2.24) is 9.88 Å². The van der Waals surface area contributed by atoms with Crippen LogP contribution in [0.1, 0.15) is 48.8 Å². The summed E-state index contributed by atoms with van der Waals surface area (Å²) in [5.74, 6) is 0.561. The molecule has 142 valence electrons. The zero-order valence-electron chi connectivity index (χ0n) is 15.5. The maximum Gasteiger partial charge on any atom is 0.213 e. The minimum absolute atomic E-state index is 0.422. The second-order valence-corrected chi connectivity index (χ2v) is 8.42. The van der Waals surface area contributed by atoms with Crippen molar-refractivity contribution in [3.8, 4) is 5.75 Å². The largest absolute Gasteiger partial charge is 0.462 e. The van der Waals surface area contributed by atoms with Crippen molar-refractivity contribution in [3.05, 3.63) is 58.4 Å². The van der Waals surface area contributed by atoms with Gasteiger partial charge in [0.2, 0.25) is 5.79 Å². The van der Waals surface area contributed by atoms with Crippen LogP contribution in [0.15, 0.2) is 36.5 Å². The van der Waals surface area contributed by atoms with Crippen LogP contribution >= 0.6 is 11.6 Å². The third-order valence-electron chi connectivity index (χ3n) is 6.26. The molecule has 1 saturated heterocycles. The molecular weight excluding hydrogens is 360 g/mol. The second kappa shape index (κ2) is 7.08. The van der Waals surface area contributed by atoms with Gasteiger partial charge in [-0.3, -0.25) is 4.90 Å². The molecule has 4 nitrogen and oxygen atoms in total. The Morgan fingerprint density at radius 3 is 2.63 bits per heavy atom. The Morgan fingerprint density at radius 1 is 1.11 bits per heavy atom. The van der Waals surface area contributed by atoms with Crippen LogP contribution in [0, 0.1) is 0 Å². The lowest BCUT2D eigenvalue weighted by Crippen LogP contribution is -2.54. The van der Waals surface area contributed by atoms with Gasteiger partial charge >= 0.3 is 0 Å². The lowest BCUT2D eigenvalue weighted by Gasteiger charge is -2.47. The molecule has 1 aromatic heterocycles. The fourth-order valence-corrected chi connectivity index (χ4v) is 4.48. The molecule has 1 spiro atoms. The highest BCUT2D eigenvalue weighted by molar-refractivity contribution is 6.29. The second-order valence-electron chi connectivity index (χ2n) is 8.03. The third-order valence-corrected chi connectivity index (χ3v) is 6.48. The molecule has 2 aliphatic heterocycles. The van der Waals surface area contributed by atoms with Crippen molar-refractivity contribution in [2.24, 2.45) is 0 Å². The van der Waals surface area contributed by atoms with Gasteiger partial charge in [-0.15, -0.1) is 0 Å². The molecule has 1 aliphatic carbocycles. The van der Waals surface area contributed by atoms with Gasteiger partial charge in [-0.1, -0.05) is 30.2 Å². The van der Waals surface area contributed by atoms with Crippen LogP contribution in [0.4, 0.5) is 0 Å². The summed E-state index contributed by atoms with van der Waals surface area (Å²) in [6, 6.07) is 11.1. The van der Waals surface area contributed by atoms with E-state index in [0.717, 1.165) is 55.3 Å². The van der Waals surface area contributed by atoms with Crippen LogP contribution < -0.4 is 4.74 Å². The predicted octanol–water partition coefficient (Wildman–Crippen LogP) is 4.58. The topological polar surface area (TPSA) is 34.6 Å². The lowest BCUT2D eigenvalue weighted by molar-refractivity contribution is -0.231. The quantitative estimate of drug-likeness (QED) is 0.725. The van der Waals surface area contributed by atoms with Gasteiger partial charge in [0.1, 0.15) is 10.9 Å². The Balaban J connectivity index is 1.26. The van der Waals surface area contributed by atoms with Crippen molar-refractivity contribution >= 4 is 11.6 Å². The smallest absolute Gasteiger partial charge is 0.213 e. The normalized spacial score (nSPS) is 22.1. The van der Waals surface area contributed by atoms with Crippen molar-refractivity contribution in [3.63, 3.8) is 0 Å². The maximum absolute atomic E-state index is 6.38. The van der Waals surface area contributed by atoms with Gasteiger partial charge in [-0.2, -0.15) is 0 Å². The molecule has 0 radical (unpaired) electrons. The maximum atomic E-state index is 6.38. The molecule has 3 heterocycles. The Bertz CT molecular complexity index is 812. The van der Waals surface area contributed by atoms with Gasteiger partial charge in [-0.25, -0.2) is 4.98 Å². The summed E-state index contributed by atoms with van der Waals surface area (Å²) >= 11 is 5.87. The molecule has 1 saturated carbocycles. The molecule has 3 aliphatic rings. The number of fused-ring (bicyclic) bond motifs is 1. The number of rotatable bonds is 3. The minimum atomic E-state index is -0.422. The van der Waals surface area contributed by atoms with Gasteiger partial charge in [0.05, 0.1) is 6.61 Å². The Morgan fingerprint density at radius 2 is 1.93 bits per heavy atom. The number of halogens is 1. The summed E-state index contributed by atoms with van der Waals surface area (Å²) in [6.07, 6.45) is 8.70. The Hall–Kier alpha value is -1.62. The molecule has 2 aromatic rings. The van der Waals surface area contributed by atoms with Crippen LogP contribution in [-0.2, 0) is 17.8 Å². The zero-order valence-corrected chi connectivity index (χ0v) is 16.3. The molecule has 1 aromatic carbocycles. The molecule has 2 fully saturated rings. The van der Waals surface area contributed by atoms with Crippen LogP contribution in [0.2, 0.25) is 5.15 Å². The Labute approximate surface area is 165 Å². The van der Waals surface area contributed by atoms with E-state index in [2.05, 4.69) is 28.1 Å². The first kappa shape index (κ1) is 17.5. The number of likely N-dealkylation sites (tertiary alicyclic amines) is 1. The van der Waals surface area contributed by atoms with E-state index in [1.165, 1.54) is 24.8 Å². The standard InChI is InChI=1S/C22H25ClN2O2/c23-21-7-5-17(14-24-21)12-16-4-6-20-18(13-16)15-26-22(27-20)8-10-25(11-9-22)19-2-1-3-19/h4-7,13-14,19H,1-3,8-12,15H2. The molecule has 0 unspecified atom stereocenters. The van der Waals surface area contributed by atoms with E-state index in [9.17, 15) is 0 Å². The van der Waals surface area contributed by atoms with Gasteiger partial charge in [0.25, 0.3) is 0 Å². The van der Waals surface area contributed by atoms with Crippen molar-refractivity contribution in [2.75, 3.05) is 13.1 Å². The van der Waals surface area contributed by atoms with Gasteiger partial charge in [0, 0.05) is 43.7 Å². The lowest BCUT2D eigenvalue weighted by atomic mass is 9.89. The van der Waals surface area contributed by atoms with Crippen LogP contribution in [0.3, 0.4) is 0 Å². The van der Waals surface area contributed by atoms with E-state index < -0.39 is 5.79 Å². The highest BCUT2D eigenvalue weighted by atomic mass is 35.5. The van der Waals surface area contributed by atoms with E-state index >= 15 is 0 Å². The molecule has 0 amide bonds. The summed E-state index contributed by atoms with van der Waals surface area (Å²) in [4.78, 5) is 6.79. The average molecular weight is 385 g/mol. The number of aromatic nitrogens is 1. The van der Waals surface area contributed by atoms with Crippen molar-refractivity contribution in [1.29, 1.82) is 0 Å². The monoisotopic (exact) mass is 384 g/mol. The fourth-order valence-electron chi connectivity index (χ4n) is 4.37. The highest BCUT2D eigenvalue weighted by Gasteiger charge is 2.42. The molecule has 0 atom stereocenters. The first-order chi connectivity index (χ1) is 13.2. The van der Waals surface area contributed by atoms with Crippen LogP contribution in [0.25, 0.3) is 0 Å². The van der Waals surface area contributed by atoms with E-state index in [-0.39, 0.29) is 0 Å². The number of hydrogen-bond donors (Lipinski definition) is 0. The number of piperidine rings is 1. The fraction of sp³-hybridized carbons (Fsp3) is 0.500. The molecular formula is C22H25ClN2O2. The first-order valence-electron chi connectivity index (χ1n) is 9.98. The van der Waals surface area contributed by atoms with Crippen molar-refractivity contribution in [2.45, 2.75) is 57.0 Å². The van der Waals surface area contributed by atoms with Gasteiger partial charge < -0.3 is 9.47 Å². The average Bonchev–Trinajstić information content (AvgIpc) is 2.64. The summed E-state index contributed by atoms with van der Waals surface area (Å²) in [6.45, 7) is 2.80. The number of pyridine rings is 1. The third kappa shape index (κ3) is 3.58.